The lowest BCUT2D eigenvalue weighted by atomic mass is 10.1. The Hall–Kier alpha value is -0.830. The third-order valence-corrected chi connectivity index (χ3v) is 2.66. The molecule has 0 bridgehead atoms. The molecule has 3 nitrogen and oxygen atoms in total. The van der Waals surface area contributed by atoms with Crippen LogP contribution in [0, 0.1) is 13.8 Å². The zero-order valence-corrected chi connectivity index (χ0v) is 9.55. The van der Waals surface area contributed by atoms with Crippen LogP contribution in [-0.4, -0.2) is 17.7 Å². The van der Waals surface area contributed by atoms with E-state index in [0.29, 0.717) is 6.04 Å². The first kappa shape index (κ1) is 11.2. The highest BCUT2D eigenvalue weighted by Gasteiger charge is 2.08. The molecule has 14 heavy (non-hydrogen) atoms. The van der Waals surface area contributed by atoms with Gasteiger partial charge in [-0.2, -0.15) is 0 Å². The zero-order valence-electron chi connectivity index (χ0n) is 9.55. The van der Waals surface area contributed by atoms with E-state index in [2.05, 4.69) is 24.3 Å². The Morgan fingerprint density at radius 1 is 1.43 bits per heavy atom. The molecule has 1 aromatic heterocycles. The number of hydrogen-bond donors (Lipinski definition) is 1. The monoisotopic (exact) mass is 196 g/mol. The van der Waals surface area contributed by atoms with E-state index in [-0.39, 0.29) is 0 Å². The van der Waals surface area contributed by atoms with Crippen LogP contribution in [0.5, 0.6) is 0 Å². The van der Waals surface area contributed by atoms with E-state index in [1.165, 1.54) is 12.0 Å². The largest absolute Gasteiger partial charge is 0.361 e. The lowest BCUT2D eigenvalue weighted by Gasteiger charge is -2.10. The predicted octanol–water partition coefficient (Wildman–Crippen LogP) is 2.22. The van der Waals surface area contributed by atoms with Crippen LogP contribution in [0.15, 0.2) is 4.52 Å². The van der Waals surface area contributed by atoms with Crippen molar-refractivity contribution in [2.24, 2.45) is 0 Å². The van der Waals surface area contributed by atoms with Crippen LogP contribution < -0.4 is 5.32 Å². The van der Waals surface area contributed by atoms with Gasteiger partial charge in [-0.1, -0.05) is 12.1 Å². The molecule has 0 fully saturated rings. The van der Waals surface area contributed by atoms with Crippen LogP contribution in [0.4, 0.5) is 0 Å². The van der Waals surface area contributed by atoms with E-state index in [0.717, 1.165) is 24.4 Å². The maximum Gasteiger partial charge on any atom is 0.137 e. The first-order valence-corrected chi connectivity index (χ1v) is 5.30. The van der Waals surface area contributed by atoms with Crippen LogP contribution in [0.3, 0.4) is 0 Å². The Kier molecular flexibility index (Phi) is 4.14. The number of rotatable bonds is 5. The van der Waals surface area contributed by atoms with Crippen molar-refractivity contribution < 1.29 is 4.52 Å². The molecule has 0 aliphatic carbocycles. The highest BCUT2D eigenvalue weighted by molar-refractivity contribution is 5.20. The molecule has 3 heteroatoms. The molecule has 1 aromatic rings. The minimum Gasteiger partial charge on any atom is -0.361 e. The molecule has 1 heterocycles. The number of aryl methyl sites for hydroxylation is 2. The molecule has 0 saturated heterocycles. The molecular weight excluding hydrogens is 176 g/mol. The van der Waals surface area contributed by atoms with Crippen molar-refractivity contribution in [2.45, 2.75) is 46.6 Å². The fourth-order valence-corrected chi connectivity index (χ4v) is 1.45. The number of aromatic nitrogens is 1. The fourth-order valence-electron chi connectivity index (χ4n) is 1.45. The summed E-state index contributed by atoms with van der Waals surface area (Å²) in [6.07, 6.45) is 2.17. The molecular formula is C11H20N2O. The van der Waals surface area contributed by atoms with E-state index in [1.807, 2.05) is 13.8 Å². The van der Waals surface area contributed by atoms with Gasteiger partial charge < -0.3 is 9.84 Å². The highest BCUT2D eigenvalue weighted by Crippen LogP contribution is 2.12. The summed E-state index contributed by atoms with van der Waals surface area (Å²) in [4.78, 5) is 0. The van der Waals surface area contributed by atoms with Crippen molar-refractivity contribution in [3.8, 4) is 0 Å². The molecule has 0 aliphatic heterocycles. The van der Waals surface area contributed by atoms with Gasteiger partial charge in [0.1, 0.15) is 5.76 Å². The third-order valence-electron chi connectivity index (χ3n) is 2.66. The maximum absolute atomic E-state index is 5.10. The minimum absolute atomic E-state index is 0.593. The average Bonchev–Trinajstić information content (AvgIpc) is 2.48. The topological polar surface area (TPSA) is 38.1 Å². The smallest absolute Gasteiger partial charge is 0.137 e. The summed E-state index contributed by atoms with van der Waals surface area (Å²) in [6, 6.07) is 0.593. The summed E-state index contributed by atoms with van der Waals surface area (Å²) in [7, 11) is 0. The minimum atomic E-state index is 0.593. The van der Waals surface area contributed by atoms with Crippen LogP contribution in [-0.2, 0) is 6.42 Å². The fraction of sp³-hybridized carbons (Fsp3) is 0.727. The molecule has 0 amide bonds. The summed E-state index contributed by atoms with van der Waals surface area (Å²) in [5, 5.41) is 7.39. The molecule has 1 unspecified atom stereocenters. The molecule has 0 radical (unpaired) electrons. The van der Waals surface area contributed by atoms with E-state index >= 15 is 0 Å². The summed E-state index contributed by atoms with van der Waals surface area (Å²) >= 11 is 0. The highest BCUT2D eigenvalue weighted by atomic mass is 16.5. The first-order valence-electron chi connectivity index (χ1n) is 5.30. The van der Waals surface area contributed by atoms with Crippen molar-refractivity contribution in [3.05, 3.63) is 17.0 Å². The second kappa shape index (κ2) is 5.15. The van der Waals surface area contributed by atoms with Crippen LogP contribution in [0.25, 0.3) is 0 Å². The second-order valence-corrected chi connectivity index (χ2v) is 3.82. The van der Waals surface area contributed by atoms with E-state index in [1.54, 1.807) is 0 Å². The van der Waals surface area contributed by atoms with Gasteiger partial charge in [0, 0.05) is 11.6 Å². The summed E-state index contributed by atoms with van der Waals surface area (Å²) in [5.41, 5.74) is 2.27. The summed E-state index contributed by atoms with van der Waals surface area (Å²) in [6.45, 7) is 9.35. The lowest BCUT2D eigenvalue weighted by molar-refractivity contribution is 0.392. The van der Waals surface area contributed by atoms with Crippen LogP contribution in [0.2, 0.25) is 0 Å². The Balaban J connectivity index is 2.38. The quantitative estimate of drug-likeness (QED) is 0.784. The predicted molar refractivity (Wildman–Crippen MR) is 57.4 cm³/mol. The van der Waals surface area contributed by atoms with Crippen LogP contribution in [0.1, 0.15) is 37.3 Å². The molecule has 80 valence electrons. The molecule has 0 aliphatic rings. The number of nitrogens with one attached hydrogen (secondary N) is 1. The molecule has 0 aromatic carbocycles. The third kappa shape index (κ3) is 2.84. The Labute approximate surface area is 85.9 Å². The van der Waals surface area contributed by atoms with Gasteiger partial charge in [0.2, 0.25) is 0 Å². The second-order valence-electron chi connectivity index (χ2n) is 3.82. The van der Waals surface area contributed by atoms with Crippen molar-refractivity contribution in [1.29, 1.82) is 0 Å². The van der Waals surface area contributed by atoms with Gasteiger partial charge in [-0.05, 0) is 40.2 Å². The van der Waals surface area contributed by atoms with Crippen molar-refractivity contribution in [1.82, 2.24) is 10.5 Å². The van der Waals surface area contributed by atoms with Crippen molar-refractivity contribution in [3.63, 3.8) is 0 Å². The van der Waals surface area contributed by atoms with E-state index < -0.39 is 0 Å². The zero-order chi connectivity index (χ0) is 10.6. The Morgan fingerprint density at radius 2 is 2.14 bits per heavy atom. The molecule has 0 saturated carbocycles. The van der Waals surface area contributed by atoms with Crippen molar-refractivity contribution in [2.75, 3.05) is 6.54 Å². The summed E-state index contributed by atoms with van der Waals surface area (Å²) in [5.74, 6) is 0.952. The molecule has 1 atom stereocenters. The van der Waals surface area contributed by atoms with Gasteiger partial charge in [-0.25, -0.2) is 0 Å². The van der Waals surface area contributed by atoms with Gasteiger partial charge in [0.05, 0.1) is 5.69 Å². The van der Waals surface area contributed by atoms with Crippen molar-refractivity contribution >= 4 is 0 Å². The molecule has 0 spiro atoms. The SMILES string of the molecule is CCC(C)NCCc1c(C)noc1C. The first-order chi connectivity index (χ1) is 6.65. The van der Waals surface area contributed by atoms with Crippen LogP contribution >= 0.6 is 0 Å². The Morgan fingerprint density at radius 3 is 2.64 bits per heavy atom. The van der Waals surface area contributed by atoms with Gasteiger partial charge in [-0.3, -0.25) is 0 Å². The van der Waals surface area contributed by atoms with Gasteiger partial charge in [0.25, 0.3) is 0 Å². The lowest BCUT2D eigenvalue weighted by Crippen LogP contribution is -2.27. The summed E-state index contributed by atoms with van der Waals surface area (Å²) < 4.78 is 5.10. The van der Waals surface area contributed by atoms with E-state index in [9.17, 15) is 0 Å². The average molecular weight is 196 g/mol. The molecule has 1 N–H and O–H groups in total. The Bertz CT molecular complexity index is 261. The van der Waals surface area contributed by atoms with E-state index in [4.69, 9.17) is 4.52 Å². The molecule has 1 rings (SSSR count). The van der Waals surface area contributed by atoms with Gasteiger partial charge >= 0.3 is 0 Å². The normalized spacial score (nSPS) is 13.1. The number of nitrogens with zero attached hydrogens (tertiary/aromatic N) is 1. The number of hydrogen-bond acceptors (Lipinski definition) is 3. The standard InChI is InChI=1S/C11H20N2O/c1-5-8(2)12-7-6-11-9(3)13-14-10(11)4/h8,12H,5-7H2,1-4H3. The van der Waals surface area contributed by atoms with Gasteiger partial charge in [-0.15, -0.1) is 0 Å². The maximum atomic E-state index is 5.10. The van der Waals surface area contributed by atoms with Gasteiger partial charge in [0.15, 0.2) is 0 Å².